The van der Waals surface area contributed by atoms with Gasteiger partial charge in [0.1, 0.15) is 5.75 Å². The maximum Gasteiger partial charge on any atom is 0.264 e. The molecule has 238 valence electrons. The molecule has 12 nitrogen and oxygen atoms in total. The summed E-state index contributed by atoms with van der Waals surface area (Å²) in [5, 5.41) is 14.3. The molecule has 0 bridgehead atoms. The summed E-state index contributed by atoms with van der Waals surface area (Å²) in [5.74, 6) is 1.07. The van der Waals surface area contributed by atoms with Gasteiger partial charge in [0, 0.05) is 45.3 Å². The van der Waals surface area contributed by atoms with Gasteiger partial charge < -0.3 is 31.7 Å². The van der Waals surface area contributed by atoms with Crippen LogP contribution in [-0.4, -0.2) is 67.7 Å². The average Bonchev–Trinajstić information content (AvgIpc) is 3.05. The second-order valence-corrected chi connectivity index (χ2v) is 12.9. The lowest BCUT2D eigenvalue weighted by atomic mass is 10.1. The number of sulfonamides is 1. The van der Waals surface area contributed by atoms with Crippen molar-refractivity contribution in [1.82, 2.24) is 15.0 Å². The van der Waals surface area contributed by atoms with Crippen LogP contribution in [0.25, 0.3) is 0 Å². The first-order valence-corrected chi connectivity index (χ1v) is 16.6. The molecule has 0 aliphatic carbocycles. The Morgan fingerprint density at radius 1 is 0.889 bits per heavy atom. The van der Waals surface area contributed by atoms with E-state index in [-0.39, 0.29) is 23.1 Å². The summed E-state index contributed by atoms with van der Waals surface area (Å²) in [6, 6.07) is 20.7. The van der Waals surface area contributed by atoms with Crippen molar-refractivity contribution in [2.24, 2.45) is 11.5 Å². The van der Waals surface area contributed by atoms with E-state index in [1.165, 1.54) is 10.4 Å². The first-order valence-electron chi connectivity index (χ1n) is 15.2. The van der Waals surface area contributed by atoms with E-state index in [9.17, 15) is 13.5 Å². The molecule has 0 spiro atoms. The van der Waals surface area contributed by atoms with E-state index >= 15 is 0 Å². The molecular formula is C32H41N9O3S. The molecule has 1 aliphatic heterocycles. The number of piperidine rings is 1. The van der Waals surface area contributed by atoms with Crippen LogP contribution >= 0.6 is 0 Å². The fourth-order valence-electron chi connectivity index (χ4n) is 5.21. The zero-order valence-corrected chi connectivity index (χ0v) is 26.3. The molecular weight excluding hydrogens is 590 g/mol. The minimum Gasteiger partial charge on any atom is -0.506 e. The fraction of sp³-hybridized carbons (Fsp3) is 0.344. The number of phenols is 1. The predicted molar refractivity (Wildman–Crippen MR) is 179 cm³/mol. The van der Waals surface area contributed by atoms with Crippen LogP contribution in [0.3, 0.4) is 0 Å². The van der Waals surface area contributed by atoms with Gasteiger partial charge in [-0.25, -0.2) is 8.42 Å². The molecule has 1 aliphatic rings. The van der Waals surface area contributed by atoms with Crippen molar-refractivity contribution in [1.29, 1.82) is 0 Å². The van der Waals surface area contributed by atoms with Gasteiger partial charge in [0.25, 0.3) is 10.0 Å². The number of nitrogens with zero attached hydrogens (tertiary/aromatic N) is 6. The standard InChI is InChI=1S/C32H41N9O3S/c1-24-10-13-27(14-11-24)45(43,44)41(23-25-8-4-2-5-9-25)26-12-15-28(29(42)22-26)35-30-36-31(39-18-6-3-7-19-39)38-32(37-30)40(20-16-33)21-17-34/h2,4-5,8-15,22,42H,3,6-7,16-21,23,33-34H2,1H3,(H,35,36,37,38). The third-order valence-electron chi connectivity index (χ3n) is 7.63. The zero-order chi connectivity index (χ0) is 31.8. The Labute approximate surface area is 264 Å². The van der Waals surface area contributed by atoms with Gasteiger partial charge in [-0.05, 0) is 56.0 Å². The minimum absolute atomic E-state index is 0.0808. The average molecular weight is 632 g/mol. The first kappa shape index (κ1) is 31.9. The van der Waals surface area contributed by atoms with E-state index in [4.69, 9.17) is 16.5 Å². The Hall–Kier alpha value is -4.46. The monoisotopic (exact) mass is 631 g/mol. The molecule has 0 atom stereocenters. The number of rotatable bonds is 13. The maximum atomic E-state index is 13.9. The van der Waals surface area contributed by atoms with E-state index in [1.54, 1.807) is 36.4 Å². The highest BCUT2D eigenvalue weighted by atomic mass is 32.2. The molecule has 6 N–H and O–H groups in total. The van der Waals surface area contributed by atoms with Crippen molar-refractivity contribution in [3.63, 3.8) is 0 Å². The number of hydrogen-bond acceptors (Lipinski definition) is 11. The van der Waals surface area contributed by atoms with Crippen molar-refractivity contribution < 1.29 is 13.5 Å². The van der Waals surface area contributed by atoms with Crippen LogP contribution in [0.5, 0.6) is 5.75 Å². The summed E-state index contributed by atoms with van der Waals surface area (Å²) < 4.78 is 29.1. The molecule has 0 unspecified atom stereocenters. The lowest BCUT2D eigenvalue weighted by Crippen LogP contribution is -2.36. The molecule has 1 fully saturated rings. The smallest absolute Gasteiger partial charge is 0.264 e. The van der Waals surface area contributed by atoms with Crippen molar-refractivity contribution in [2.45, 2.75) is 37.6 Å². The van der Waals surface area contributed by atoms with Crippen LogP contribution in [-0.2, 0) is 16.6 Å². The Balaban J connectivity index is 1.49. The van der Waals surface area contributed by atoms with Crippen molar-refractivity contribution >= 4 is 39.2 Å². The summed E-state index contributed by atoms with van der Waals surface area (Å²) in [4.78, 5) is 18.3. The Morgan fingerprint density at radius 3 is 2.22 bits per heavy atom. The number of hydrogen-bond donors (Lipinski definition) is 4. The van der Waals surface area contributed by atoms with Crippen LogP contribution in [0.15, 0.2) is 77.7 Å². The summed E-state index contributed by atoms with van der Waals surface area (Å²) >= 11 is 0. The molecule has 13 heteroatoms. The quantitative estimate of drug-likeness (QED) is 0.159. The molecule has 0 amide bonds. The van der Waals surface area contributed by atoms with Crippen LogP contribution in [0.4, 0.5) is 29.2 Å². The number of nitrogens with two attached hydrogens (primary N) is 2. The number of aryl methyl sites for hydroxylation is 1. The lowest BCUT2D eigenvalue weighted by molar-refractivity contribution is 0.477. The van der Waals surface area contributed by atoms with E-state index in [1.807, 2.05) is 42.2 Å². The van der Waals surface area contributed by atoms with Crippen LogP contribution in [0.1, 0.15) is 30.4 Å². The summed E-state index contributed by atoms with van der Waals surface area (Å²) in [6.45, 7) is 5.51. The molecule has 2 heterocycles. The third-order valence-corrected chi connectivity index (χ3v) is 9.41. The summed E-state index contributed by atoms with van der Waals surface area (Å²) in [6.07, 6.45) is 3.26. The van der Waals surface area contributed by atoms with Crippen LogP contribution < -0.4 is 30.9 Å². The van der Waals surface area contributed by atoms with Crippen LogP contribution in [0, 0.1) is 6.92 Å². The molecule has 5 rings (SSSR count). The number of anilines is 5. The van der Waals surface area contributed by atoms with E-state index in [2.05, 4.69) is 20.2 Å². The highest BCUT2D eigenvalue weighted by Crippen LogP contribution is 2.34. The van der Waals surface area contributed by atoms with E-state index in [0.29, 0.717) is 49.5 Å². The largest absolute Gasteiger partial charge is 0.506 e. The number of benzene rings is 3. The molecule has 0 radical (unpaired) electrons. The molecule has 3 aromatic carbocycles. The molecule has 0 saturated carbocycles. The number of phenolic OH excluding ortho intramolecular Hbond substituents is 1. The lowest BCUT2D eigenvalue weighted by Gasteiger charge is -2.28. The Kier molecular flexibility index (Phi) is 10.3. The van der Waals surface area contributed by atoms with Gasteiger partial charge in [-0.1, -0.05) is 48.0 Å². The fourth-order valence-corrected chi connectivity index (χ4v) is 6.66. The topological polar surface area (TPSA) is 167 Å². The molecule has 45 heavy (non-hydrogen) atoms. The molecule has 4 aromatic rings. The van der Waals surface area contributed by atoms with Gasteiger partial charge >= 0.3 is 0 Å². The Bertz CT molecular complexity index is 1660. The molecule has 1 saturated heterocycles. The maximum absolute atomic E-state index is 13.9. The number of aromatic nitrogens is 3. The van der Waals surface area contributed by atoms with Gasteiger partial charge in [-0.3, -0.25) is 4.31 Å². The highest BCUT2D eigenvalue weighted by molar-refractivity contribution is 7.92. The normalized spacial score (nSPS) is 13.4. The zero-order valence-electron chi connectivity index (χ0n) is 25.5. The summed E-state index contributed by atoms with van der Waals surface area (Å²) in [5.41, 5.74) is 14.1. The second-order valence-electron chi connectivity index (χ2n) is 11.0. The Morgan fingerprint density at radius 2 is 1.58 bits per heavy atom. The summed E-state index contributed by atoms with van der Waals surface area (Å²) in [7, 11) is -3.96. The van der Waals surface area contributed by atoms with Crippen molar-refractivity contribution in [3.05, 3.63) is 83.9 Å². The number of aromatic hydroxyl groups is 1. The second kappa shape index (κ2) is 14.5. The van der Waals surface area contributed by atoms with Gasteiger partial charge in [-0.2, -0.15) is 15.0 Å². The third kappa shape index (κ3) is 7.80. The van der Waals surface area contributed by atoms with Gasteiger partial charge in [0.2, 0.25) is 17.8 Å². The van der Waals surface area contributed by atoms with Crippen molar-refractivity contribution in [3.8, 4) is 5.75 Å². The van der Waals surface area contributed by atoms with Gasteiger partial charge in [-0.15, -0.1) is 0 Å². The SMILES string of the molecule is Cc1ccc(S(=O)(=O)N(Cc2ccccc2)c2ccc(Nc3nc(N(CCN)CCN)nc(N4CCCCC4)n3)c(O)c2)cc1. The van der Waals surface area contributed by atoms with Crippen molar-refractivity contribution in [2.75, 3.05) is 58.7 Å². The van der Waals surface area contributed by atoms with Crippen LogP contribution in [0.2, 0.25) is 0 Å². The van der Waals surface area contributed by atoms with E-state index < -0.39 is 10.0 Å². The predicted octanol–water partition coefficient (Wildman–Crippen LogP) is 3.74. The number of nitrogens with one attached hydrogen (secondary N) is 1. The minimum atomic E-state index is -3.96. The van der Waals surface area contributed by atoms with Gasteiger partial charge in [0.15, 0.2) is 0 Å². The van der Waals surface area contributed by atoms with Gasteiger partial charge in [0.05, 0.1) is 22.8 Å². The highest BCUT2D eigenvalue weighted by Gasteiger charge is 2.26. The first-order chi connectivity index (χ1) is 21.8. The molecule has 1 aromatic heterocycles. The van der Waals surface area contributed by atoms with E-state index in [0.717, 1.165) is 43.5 Å².